The summed E-state index contributed by atoms with van der Waals surface area (Å²) >= 11 is 0. The van der Waals surface area contributed by atoms with Crippen LogP contribution >= 0.6 is 0 Å². The number of carbonyl (C=O) groups excluding carboxylic acids is 1. The van der Waals surface area contributed by atoms with Crippen LogP contribution in [-0.4, -0.2) is 56.1 Å². The molecule has 1 aliphatic rings. The third-order valence-corrected chi connectivity index (χ3v) is 5.42. The first-order valence-corrected chi connectivity index (χ1v) is 8.27. The van der Waals surface area contributed by atoms with Gasteiger partial charge in [0.2, 0.25) is 10.0 Å². The summed E-state index contributed by atoms with van der Waals surface area (Å²) in [6.07, 6.45) is 0.530. The highest BCUT2D eigenvalue weighted by atomic mass is 32.2. The first-order valence-electron chi connectivity index (χ1n) is 6.83. The summed E-state index contributed by atoms with van der Waals surface area (Å²) in [6.45, 7) is 4.37. The van der Waals surface area contributed by atoms with E-state index in [9.17, 15) is 13.2 Å². The van der Waals surface area contributed by atoms with E-state index < -0.39 is 10.0 Å². The second-order valence-electron chi connectivity index (χ2n) is 4.89. The molecule has 1 saturated heterocycles. The molecule has 0 saturated carbocycles. The fourth-order valence-corrected chi connectivity index (χ4v) is 3.67. The van der Waals surface area contributed by atoms with Gasteiger partial charge >= 0.3 is 0 Å². The molecule has 1 heterocycles. The maximum absolute atomic E-state index is 12.4. The number of nitrogens with zero attached hydrogens (tertiary/aromatic N) is 2. The summed E-state index contributed by atoms with van der Waals surface area (Å²) in [4.78, 5) is 13.8. The number of ketones is 1. The van der Waals surface area contributed by atoms with E-state index >= 15 is 0 Å². The minimum Gasteiger partial charge on any atom is -0.298 e. The summed E-state index contributed by atoms with van der Waals surface area (Å²) in [5.74, 6) is 0.198. The molecule has 1 aromatic rings. The lowest BCUT2D eigenvalue weighted by molar-refractivity contribution is -0.120. The highest BCUT2D eigenvalue weighted by molar-refractivity contribution is 7.89. The second kappa shape index (κ2) is 6.47. The van der Waals surface area contributed by atoms with Crippen LogP contribution < -0.4 is 0 Å². The van der Waals surface area contributed by atoms with Gasteiger partial charge in [-0.05, 0) is 12.1 Å². The molecule has 0 radical (unpaired) electrons. The number of rotatable bonds is 5. The molecule has 6 heteroatoms. The van der Waals surface area contributed by atoms with E-state index in [2.05, 4.69) is 0 Å². The second-order valence-corrected chi connectivity index (χ2v) is 6.82. The van der Waals surface area contributed by atoms with E-state index in [0.29, 0.717) is 44.0 Å². The number of benzene rings is 1. The fraction of sp³-hybridized carbons (Fsp3) is 0.500. The molecule has 5 nitrogen and oxygen atoms in total. The summed E-state index contributed by atoms with van der Waals surface area (Å²) in [7, 11) is -3.40. The topological polar surface area (TPSA) is 57.7 Å². The third kappa shape index (κ3) is 3.45. The van der Waals surface area contributed by atoms with Gasteiger partial charge in [-0.15, -0.1) is 0 Å². The molecule has 2 rings (SSSR count). The highest BCUT2D eigenvalue weighted by Gasteiger charge is 2.28. The molecule has 0 atom stereocenters. The van der Waals surface area contributed by atoms with Crippen molar-refractivity contribution in [2.45, 2.75) is 18.2 Å². The largest absolute Gasteiger partial charge is 0.298 e. The van der Waals surface area contributed by atoms with Gasteiger partial charge in [0.15, 0.2) is 0 Å². The quantitative estimate of drug-likeness (QED) is 0.812. The maximum Gasteiger partial charge on any atom is 0.243 e. The summed E-state index contributed by atoms with van der Waals surface area (Å²) in [5, 5.41) is 0. The summed E-state index contributed by atoms with van der Waals surface area (Å²) in [6, 6.07) is 8.48. The molecule has 110 valence electrons. The first kappa shape index (κ1) is 15.2. The van der Waals surface area contributed by atoms with Crippen LogP contribution in [0.4, 0.5) is 0 Å². The van der Waals surface area contributed by atoms with Crippen molar-refractivity contribution in [2.24, 2.45) is 0 Å². The van der Waals surface area contributed by atoms with Crippen LogP contribution in [0.25, 0.3) is 0 Å². The predicted molar refractivity (Wildman–Crippen MR) is 76.9 cm³/mol. The molecule has 1 aliphatic heterocycles. The molecule has 0 aromatic heterocycles. The van der Waals surface area contributed by atoms with Gasteiger partial charge in [0.05, 0.1) is 11.4 Å². The molecule has 1 fully saturated rings. The molecule has 0 spiro atoms. The van der Waals surface area contributed by atoms with E-state index in [4.69, 9.17) is 0 Å². The van der Waals surface area contributed by atoms with Crippen LogP contribution in [0.15, 0.2) is 35.2 Å². The molecule has 0 aliphatic carbocycles. The number of Topliss-reactive ketones (excluding diaryl/α,β-unsaturated/α-hetero) is 1. The zero-order valence-corrected chi connectivity index (χ0v) is 12.5. The van der Waals surface area contributed by atoms with Gasteiger partial charge in [-0.3, -0.25) is 9.69 Å². The molecule has 20 heavy (non-hydrogen) atoms. The van der Waals surface area contributed by atoms with E-state index in [0.717, 1.165) is 0 Å². The Balaban J connectivity index is 1.99. The van der Waals surface area contributed by atoms with Crippen LogP contribution in [0.1, 0.15) is 13.3 Å². The highest BCUT2D eigenvalue weighted by Crippen LogP contribution is 2.17. The van der Waals surface area contributed by atoms with Crippen molar-refractivity contribution < 1.29 is 13.2 Å². The Hall–Kier alpha value is -1.24. The lowest BCUT2D eigenvalue weighted by Gasteiger charge is -2.33. The van der Waals surface area contributed by atoms with Gasteiger partial charge in [-0.1, -0.05) is 25.1 Å². The molecule has 0 bridgehead atoms. The summed E-state index contributed by atoms with van der Waals surface area (Å²) in [5.41, 5.74) is 0. The molecule has 0 unspecified atom stereocenters. The summed E-state index contributed by atoms with van der Waals surface area (Å²) < 4.78 is 26.3. The van der Waals surface area contributed by atoms with Crippen molar-refractivity contribution in [1.29, 1.82) is 0 Å². The third-order valence-electron chi connectivity index (χ3n) is 3.51. The number of hydrogen-bond acceptors (Lipinski definition) is 4. The zero-order valence-electron chi connectivity index (χ0n) is 11.7. The molecule has 0 amide bonds. The van der Waals surface area contributed by atoms with Crippen LogP contribution in [0, 0.1) is 0 Å². The number of piperazine rings is 1. The van der Waals surface area contributed by atoms with Crippen molar-refractivity contribution in [3.8, 4) is 0 Å². The van der Waals surface area contributed by atoms with E-state index in [1.165, 1.54) is 4.31 Å². The molecule has 1 aromatic carbocycles. The van der Waals surface area contributed by atoms with Crippen LogP contribution in [0.3, 0.4) is 0 Å². The Morgan fingerprint density at radius 3 is 2.25 bits per heavy atom. The standard InChI is InChI=1S/C14H20N2O3S/c1-2-13(17)12-15-8-10-16(11-9-15)20(18,19)14-6-4-3-5-7-14/h3-7H,2,8-12H2,1H3. The Morgan fingerprint density at radius 2 is 1.70 bits per heavy atom. The average molecular weight is 296 g/mol. The Kier molecular flexibility index (Phi) is 4.91. The maximum atomic E-state index is 12.4. The van der Waals surface area contributed by atoms with Crippen molar-refractivity contribution in [2.75, 3.05) is 32.7 Å². The molecule has 0 N–H and O–H groups in total. The Morgan fingerprint density at radius 1 is 1.10 bits per heavy atom. The van der Waals surface area contributed by atoms with Crippen LogP contribution in [-0.2, 0) is 14.8 Å². The molecular formula is C14H20N2O3S. The average Bonchev–Trinajstić information content (AvgIpc) is 2.48. The predicted octanol–water partition coefficient (Wildman–Crippen LogP) is 0.972. The number of hydrogen-bond donors (Lipinski definition) is 0. The van der Waals surface area contributed by atoms with E-state index in [-0.39, 0.29) is 5.78 Å². The lowest BCUT2D eigenvalue weighted by Crippen LogP contribution is -2.49. The lowest BCUT2D eigenvalue weighted by atomic mass is 10.2. The van der Waals surface area contributed by atoms with Gasteiger partial charge < -0.3 is 0 Å². The fourth-order valence-electron chi connectivity index (χ4n) is 2.23. The van der Waals surface area contributed by atoms with Crippen molar-refractivity contribution in [3.05, 3.63) is 30.3 Å². The van der Waals surface area contributed by atoms with Crippen LogP contribution in [0.5, 0.6) is 0 Å². The Labute approximate surface area is 120 Å². The molecular weight excluding hydrogens is 276 g/mol. The normalized spacial score (nSPS) is 18.1. The monoisotopic (exact) mass is 296 g/mol. The van der Waals surface area contributed by atoms with E-state index in [1.54, 1.807) is 30.3 Å². The van der Waals surface area contributed by atoms with Crippen molar-refractivity contribution >= 4 is 15.8 Å². The van der Waals surface area contributed by atoms with Gasteiger partial charge in [-0.25, -0.2) is 8.42 Å². The number of sulfonamides is 1. The zero-order chi connectivity index (χ0) is 14.6. The van der Waals surface area contributed by atoms with E-state index in [1.807, 2.05) is 11.8 Å². The smallest absolute Gasteiger partial charge is 0.243 e. The van der Waals surface area contributed by atoms with Crippen molar-refractivity contribution in [3.63, 3.8) is 0 Å². The van der Waals surface area contributed by atoms with Gasteiger partial charge in [0.1, 0.15) is 5.78 Å². The van der Waals surface area contributed by atoms with Crippen molar-refractivity contribution in [1.82, 2.24) is 9.21 Å². The Bertz CT molecular complexity index is 549. The first-order chi connectivity index (χ1) is 9.54. The van der Waals surface area contributed by atoms with Crippen LogP contribution in [0.2, 0.25) is 0 Å². The minimum absolute atomic E-state index is 0.198. The number of carbonyl (C=O) groups is 1. The van der Waals surface area contributed by atoms with Gasteiger partial charge in [0, 0.05) is 32.6 Å². The minimum atomic E-state index is -3.40. The SMILES string of the molecule is CCC(=O)CN1CCN(S(=O)(=O)c2ccccc2)CC1. The van der Waals surface area contributed by atoms with Gasteiger partial charge in [-0.2, -0.15) is 4.31 Å². The van der Waals surface area contributed by atoms with Gasteiger partial charge in [0.25, 0.3) is 0 Å².